The summed E-state index contributed by atoms with van der Waals surface area (Å²) in [5, 5.41) is 8.28. The first kappa shape index (κ1) is 9.68. The molecule has 0 aliphatic carbocycles. The van der Waals surface area contributed by atoms with Crippen molar-refractivity contribution in [1.82, 2.24) is 0 Å². The minimum atomic E-state index is -0.602. The molecule has 50 valence electrons. The van der Waals surface area contributed by atoms with Crippen LogP contribution in [0.2, 0.25) is 0 Å². The Morgan fingerprint density at radius 1 is 1.70 bits per heavy atom. The van der Waals surface area contributed by atoms with Crippen LogP contribution in [0.25, 0.3) is 0 Å². The number of aliphatic imine (C=N–C) groups is 1. The number of hydrogen-bond acceptors (Lipinski definition) is 4. The minimum absolute atomic E-state index is 0. The first-order valence-corrected chi connectivity index (χ1v) is 2.36. The molecule has 0 saturated heterocycles. The van der Waals surface area contributed by atoms with Crippen LogP contribution >= 0.6 is 0 Å². The first-order chi connectivity index (χ1) is 4.24. The van der Waals surface area contributed by atoms with Crippen molar-refractivity contribution in [1.29, 1.82) is 0 Å². The quantitative estimate of drug-likeness (QED) is 0.224. The van der Waals surface area contributed by atoms with Crippen molar-refractivity contribution in [3.05, 3.63) is 12.0 Å². The molecule has 10 heavy (non-hydrogen) atoms. The number of hydrogen-bond donors (Lipinski definition) is 1. The van der Waals surface area contributed by atoms with Crippen LogP contribution in [0.4, 0.5) is 0 Å². The number of nitrogens with zero attached hydrogens (tertiary/aromatic N) is 1. The Kier molecular flexibility index (Phi) is 3.63. The summed E-state index contributed by atoms with van der Waals surface area (Å²) in [6.07, 6.45) is 0.624. The fourth-order valence-electron chi connectivity index (χ4n) is 0.506. The molecule has 1 heterocycles. The third-order valence-corrected chi connectivity index (χ3v) is 0.850. The van der Waals surface area contributed by atoms with Gasteiger partial charge in [0.05, 0.1) is 0 Å². The molecule has 1 rings (SSSR count). The van der Waals surface area contributed by atoms with Gasteiger partial charge in [0, 0.05) is 6.92 Å². The van der Waals surface area contributed by atoms with Gasteiger partial charge >= 0.3 is 35.5 Å². The van der Waals surface area contributed by atoms with Crippen LogP contribution in [0.3, 0.4) is 0 Å². The molecule has 0 aromatic carbocycles. The number of ether oxygens (including phenoxy) is 1. The maximum atomic E-state index is 10.5. The zero-order chi connectivity index (χ0) is 6.85. The number of cyclic esters (lactones) is 1. The van der Waals surface area contributed by atoms with E-state index in [1.54, 1.807) is 0 Å². The van der Waals surface area contributed by atoms with E-state index >= 15 is 0 Å². The number of rotatable bonds is 0. The summed E-state index contributed by atoms with van der Waals surface area (Å²) < 4.78 is 4.45. The van der Waals surface area contributed by atoms with E-state index < -0.39 is 5.97 Å². The van der Waals surface area contributed by atoms with Crippen LogP contribution in [-0.4, -0.2) is 46.5 Å². The molecule has 5 heteroatoms. The number of aliphatic hydroxyl groups is 1. The monoisotopic (exact) mass is 151 g/mol. The maximum absolute atomic E-state index is 10.5. The Balaban J connectivity index is 0.000000810. The third kappa shape index (κ3) is 1.83. The molecule has 0 radical (unpaired) electrons. The van der Waals surface area contributed by atoms with Gasteiger partial charge < -0.3 is 9.84 Å². The molecule has 1 aliphatic rings. The molecule has 1 N–H and O–H groups in total. The van der Waals surface area contributed by atoms with E-state index in [0.29, 0.717) is 6.26 Å². The SMILES string of the molecule is CC1=NC(=CO)C(=O)O1.[NaH]. The van der Waals surface area contributed by atoms with E-state index in [-0.39, 0.29) is 41.2 Å². The van der Waals surface area contributed by atoms with Crippen molar-refractivity contribution >= 4 is 41.4 Å². The molecular formula is C5H6NNaO3. The van der Waals surface area contributed by atoms with Crippen LogP contribution < -0.4 is 0 Å². The second-order valence-corrected chi connectivity index (χ2v) is 1.53. The van der Waals surface area contributed by atoms with E-state index in [2.05, 4.69) is 9.73 Å². The molecule has 0 unspecified atom stereocenters. The Labute approximate surface area is 79.9 Å². The molecule has 0 saturated carbocycles. The summed E-state index contributed by atoms with van der Waals surface area (Å²) in [5.41, 5.74) is -0.0486. The summed E-state index contributed by atoms with van der Waals surface area (Å²) in [4.78, 5) is 14.0. The molecule has 0 aromatic heterocycles. The van der Waals surface area contributed by atoms with Gasteiger partial charge in [-0.15, -0.1) is 0 Å². The zero-order valence-electron chi connectivity index (χ0n) is 4.79. The predicted octanol–water partition coefficient (Wildman–Crippen LogP) is -0.288. The molecule has 1 aliphatic heterocycles. The zero-order valence-corrected chi connectivity index (χ0v) is 4.79. The van der Waals surface area contributed by atoms with Crippen LogP contribution in [0.15, 0.2) is 17.0 Å². The first-order valence-electron chi connectivity index (χ1n) is 2.36. The number of aliphatic hydroxyl groups excluding tert-OH is 1. The van der Waals surface area contributed by atoms with E-state index in [1.165, 1.54) is 6.92 Å². The molecule has 0 amide bonds. The Morgan fingerprint density at radius 2 is 2.30 bits per heavy atom. The van der Waals surface area contributed by atoms with Gasteiger partial charge in [0.25, 0.3) is 0 Å². The number of carbonyl (C=O) groups is 1. The normalized spacial score (nSPS) is 19.9. The predicted molar refractivity (Wildman–Crippen MR) is 37.1 cm³/mol. The fraction of sp³-hybridized carbons (Fsp3) is 0.200. The van der Waals surface area contributed by atoms with Gasteiger partial charge in [0.1, 0.15) is 6.26 Å². The number of carbonyl (C=O) groups excluding carboxylic acids is 1. The average Bonchev–Trinajstić information content (AvgIpc) is 2.10. The topological polar surface area (TPSA) is 58.9 Å². The van der Waals surface area contributed by atoms with Crippen LogP contribution in [-0.2, 0) is 9.53 Å². The summed E-state index contributed by atoms with van der Waals surface area (Å²) in [5.74, 6) is -0.338. The van der Waals surface area contributed by atoms with E-state index in [9.17, 15) is 4.79 Å². The van der Waals surface area contributed by atoms with Gasteiger partial charge in [-0.25, -0.2) is 9.79 Å². The van der Waals surface area contributed by atoms with Gasteiger partial charge in [-0.2, -0.15) is 0 Å². The molecule has 0 fully saturated rings. The summed E-state index contributed by atoms with van der Waals surface area (Å²) >= 11 is 0. The Hall–Kier alpha value is -0.320. The Morgan fingerprint density at radius 3 is 2.50 bits per heavy atom. The van der Waals surface area contributed by atoms with Crippen LogP contribution in [0, 0.1) is 0 Å². The second-order valence-electron chi connectivity index (χ2n) is 1.53. The standard InChI is InChI=1S/C5H5NO3.Na.H/c1-3-6-4(2-7)5(8)9-3;;/h2,7H,1H3;;. The fourth-order valence-corrected chi connectivity index (χ4v) is 0.506. The van der Waals surface area contributed by atoms with Crippen LogP contribution in [0.5, 0.6) is 0 Å². The van der Waals surface area contributed by atoms with Crippen molar-refractivity contribution in [2.24, 2.45) is 4.99 Å². The van der Waals surface area contributed by atoms with Crippen molar-refractivity contribution in [2.45, 2.75) is 6.92 Å². The van der Waals surface area contributed by atoms with Gasteiger partial charge in [-0.3, -0.25) is 0 Å². The molecule has 0 bridgehead atoms. The van der Waals surface area contributed by atoms with Crippen LogP contribution in [0.1, 0.15) is 6.92 Å². The van der Waals surface area contributed by atoms with Gasteiger partial charge in [0.15, 0.2) is 11.6 Å². The molecule has 4 nitrogen and oxygen atoms in total. The Bertz CT molecular complexity index is 209. The van der Waals surface area contributed by atoms with E-state index in [1.807, 2.05) is 0 Å². The van der Waals surface area contributed by atoms with Gasteiger partial charge in [-0.1, -0.05) is 0 Å². The van der Waals surface area contributed by atoms with E-state index in [0.717, 1.165) is 0 Å². The van der Waals surface area contributed by atoms with Crippen molar-refractivity contribution in [3.8, 4) is 0 Å². The second kappa shape index (κ2) is 3.75. The summed E-state index contributed by atoms with van der Waals surface area (Å²) in [6.45, 7) is 1.54. The summed E-state index contributed by atoms with van der Waals surface area (Å²) in [6, 6.07) is 0. The van der Waals surface area contributed by atoms with Crippen molar-refractivity contribution in [3.63, 3.8) is 0 Å². The van der Waals surface area contributed by atoms with E-state index in [4.69, 9.17) is 5.11 Å². The molecule has 0 atom stereocenters. The van der Waals surface area contributed by atoms with Gasteiger partial charge in [-0.05, 0) is 0 Å². The molecule has 0 aromatic rings. The molecular weight excluding hydrogens is 145 g/mol. The van der Waals surface area contributed by atoms with Crippen molar-refractivity contribution < 1.29 is 14.6 Å². The third-order valence-electron chi connectivity index (χ3n) is 0.850. The summed E-state index contributed by atoms with van der Waals surface area (Å²) in [7, 11) is 0. The number of esters is 1. The molecule has 0 spiro atoms. The van der Waals surface area contributed by atoms with Gasteiger partial charge in [0.2, 0.25) is 0 Å². The average molecular weight is 151 g/mol. The van der Waals surface area contributed by atoms with Crippen molar-refractivity contribution in [2.75, 3.05) is 0 Å².